The fraction of sp³-hybridized carbons (Fsp3) is 0.364. The summed E-state index contributed by atoms with van der Waals surface area (Å²) in [5.41, 5.74) is 1.01. The summed E-state index contributed by atoms with van der Waals surface area (Å²) in [5.74, 6) is 0.345. The van der Waals surface area contributed by atoms with E-state index in [1.165, 1.54) is 0 Å². The van der Waals surface area contributed by atoms with Gasteiger partial charge in [-0.15, -0.1) is 0 Å². The zero-order chi connectivity index (χ0) is 10.8. The lowest BCUT2D eigenvalue weighted by molar-refractivity contribution is -0.119. The van der Waals surface area contributed by atoms with E-state index in [1.807, 2.05) is 18.2 Å². The molecular weight excluding hydrogens is 277 g/mol. The second-order valence-electron chi connectivity index (χ2n) is 3.62. The highest BCUT2D eigenvalue weighted by Gasteiger charge is 2.18. The molecule has 1 aromatic rings. The molecule has 2 nitrogen and oxygen atoms in total. The Bertz CT molecular complexity index is 384. The van der Waals surface area contributed by atoms with Crippen molar-refractivity contribution in [2.75, 3.05) is 18.0 Å². The lowest BCUT2D eigenvalue weighted by atomic mass is 10.1. The number of hydrogen-bond donors (Lipinski definition) is 0. The van der Waals surface area contributed by atoms with Gasteiger partial charge in [-0.2, -0.15) is 0 Å². The van der Waals surface area contributed by atoms with Crippen LogP contribution in [0.25, 0.3) is 0 Å². The van der Waals surface area contributed by atoms with Gasteiger partial charge < -0.3 is 4.90 Å². The summed E-state index contributed by atoms with van der Waals surface area (Å²) in [4.78, 5) is 13.3. The number of hydrogen-bond acceptors (Lipinski definition) is 2. The summed E-state index contributed by atoms with van der Waals surface area (Å²) in [7, 11) is 0. The largest absolute Gasteiger partial charge is 0.369 e. The van der Waals surface area contributed by atoms with E-state index < -0.39 is 0 Å². The molecule has 0 aromatic heterocycles. The summed E-state index contributed by atoms with van der Waals surface area (Å²) < 4.78 is 1.01. The minimum Gasteiger partial charge on any atom is -0.369 e. The Labute approximate surface area is 102 Å². The van der Waals surface area contributed by atoms with Crippen molar-refractivity contribution in [3.05, 3.63) is 27.7 Å². The van der Waals surface area contributed by atoms with Gasteiger partial charge in [0, 0.05) is 30.4 Å². The zero-order valence-corrected chi connectivity index (χ0v) is 10.5. The Morgan fingerprint density at radius 2 is 1.93 bits per heavy atom. The summed E-state index contributed by atoms with van der Waals surface area (Å²) in [6, 6.07) is 5.79. The lowest BCUT2D eigenvalue weighted by Gasteiger charge is -2.29. The second kappa shape index (κ2) is 4.54. The molecule has 2 rings (SSSR count). The third-order valence-corrected chi connectivity index (χ3v) is 3.38. The predicted octanol–water partition coefficient (Wildman–Crippen LogP) is 3.27. The van der Waals surface area contributed by atoms with E-state index in [4.69, 9.17) is 11.6 Å². The van der Waals surface area contributed by atoms with Crippen LogP contribution in [-0.4, -0.2) is 18.9 Å². The van der Waals surface area contributed by atoms with Crippen molar-refractivity contribution in [2.24, 2.45) is 0 Å². The Kier molecular flexibility index (Phi) is 3.32. The molecule has 0 atom stereocenters. The van der Waals surface area contributed by atoms with E-state index in [-0.39, 0.29) is 0 Å². The number of halogens is 2. The van der Waals surface area contributed by atoms with Crippen LogP contribution in [0.2, 0.25) is 5.02 Å². The maximum atomic E-state index is 11.1. The fourth-order valence-electron chi connectivity index (χ4n) is 1.73. The van der Waals surface area contributed by atoms with Crippen LogP contribution in [0.4, 0.5) is 5.69 Å². The predicted molar refractivity (Wildman–Crippen MR) is 65.6 cm³/mol. The van der Waals surface area contributed by atoms with Gasteiger partial charge in [0.1, 0.15) is 5.78 Å². The summed E-state index contributed by atoms with van der Waals surface area (Å²) in [5, 5.41) is 0.743. The van der Waals surface area contributed by atoms with Gasteiger partial charge in [-0.25, -0.2) is 0 Å². The number of rotatable bonds is 1. The van der Waals surface area contributed by atoms with Crippen molar-refractivity contribution in [1.82, 2.24) is 0 Å². The van der Waals surface area contributed by atoms with E-state index in [0.717, 1.165) is 28.3 Å². The molecule has 1 aromatic carbocycles. The van der Waals surface area contributed by atoms with Crippen molar-refractivity contribution in [3.8, 4) is 0 Å². The number of carbonyl (C=O) groups is 1. The molecule has 0 unspecified atom stereocenters. The van der Waals surface area contributed by atoms with Crippen LogP contribution in [0.5, 0.6) is 0 Å². The third-order valence-electron chi connectivity index (χ3n) is 2.57. The minimum absolute atomic E-state index is 0.345. The molecule has 1 aliphatic rings. The van der Waals surface area contributed by atoms with Crippen LogP contribution in [-0.2, 0) is 4.79 Å². The van der Waals surface area contributed by atoms with Gasteiger partial charge >= 0.3 is 0 Å². The maximum absolute atomic E-state index is 11.1. The van der Waals surface area contributed by atoms with Crippen LogP contribution >= 0.6 is 27.5 Å². The summed E-state index contributed by atoms with van der Waals surface area (Å²) in [6.07, 6.45) is 1.26. The van der Waals surface area contributed by atoms with E-state index in [0.29, 0.717) is 18.6 Å². The molecule has 0 spiro atoms. The zero-order valence-electron chi connectivity index (χ0n) is 8.17. The highest BCUT2D eigenvalue weighted by molar-refractivity contribution is 9.10. The molecule has 4 heteroatoms. The van der Waals surface area contributed by atoms with E-state index in [1.54, 1.807) is 0 Å². The normalized spacial score (nSPS) is 16.9. The molecular formula is C11H11BrClNO. The quantitative estimate of drug-likeness (QED) is 0.790. The van der Waals surface area contributed by atoms with Gasteiger partial charge in [0.2, 0.25) is 0 Å². The maximum Gasteiger partial charge on any atom is 0.136 e. The minimum atomic E-state index is 0.345. The van der Waals surface area contributed by atoms with Crippen LogP contribution < -0.4 is 4.90 Å². The number of ketones is 1. The lowest BCUT2D eigenvalue weighted by Crippen LogP contribution is -2.33. The molecule has 0 aliphatic carbocycles. The fourth-order valence-corrected chi connectivity index (χ4v) is 2.31. The van der Waals surface area contributed by atoms with Crippen LogP contribution in [0.15, 0.2) is 22.7 Å². The molecule has 1 aliphatic heterocycles. The summed E-state index contributed by atoms with van der Waals surface area (Å²) >= 11 is 9.54. The Balaban J connectivity index is 2.21. The number of benzene rings is 1. The van der Waals surface area contributed by atoms with E-state index in [9.17, 15) is 4.79 Å². The van der Waals surface area contributed by atoms with Crippen LogP contribution in [0, 0.1) is 0 Å². The van der Waals surface area contributed by atoms with E-state index >= 15 is 0 Å². The first kappa shape index (κ1) is 11.0. The first-order valence-electron chi connectivity index (χ1n) is 4.88. The topological polar surface area (TPSA) is 20.3 Å². The van der Waals surface area contributed by atoms with Gasteiger partial charge in [-0.1, -0.05) is 27.5 Å². The number of carbonyl (C=O) groups excluding carboxylic acids is 1. The molecule has 15 heavy (non-hydrogen) atoms. The molecule has 1 heterocycles. The van der Waals surface area contributed by atoms with Crippen LogP contribution in [0.3, 0.4) is 0 Å². The van der Waals surface area contributed by atoms with Gasteiger partial charge in [-0.3, -0.25) is 4.79 Å². The van der Waals surface area contributed by atoms with Gasteiger partial charge in [-0.05, 0) is 18.2 Å². The van der Waals surface area contributed by atoms with Crippen molar-refractivity contribution >= 4 is 39.0 Å². The number of nitrogens with zero attached hydrogens (tertiary/aromatic N) is 1. The smallest absolute Gasteiger partial charge is 0.136 e. The van der Waals surface area contributed by atoms with Crippen molar-refractivity contribution in [1.29, 1.82) is 0 Å². The monoisotopic (exact) mass is 287 g/mol. The first-order chi connectivity index (χ1) is 7.16. The van der Waals surface area contributed by atoms with Gasteiger partial charge in [0.25, 0.3) is 0 Å². The van der Waals surface area contributed by atoms with Crippen molar-refractivity contribution in [2.45, 2.75) is 12.8 Å². The Morgan fingerprint density at radius 1 is 1.27 bits per heavy atom. The average Bonchev–Trinajstić information content (AvgIpc) is 2.23. The molecule has 1 saturated heterocycles. The molecule has 0 saturated carbocycles. The van der Waals surface area contributed by atoms with Gasteiger partial charge in [0.15, 0.2) is 0 Å². The third kappa shape index (κ3) is 2.52. The van der Waals surface area contributed by atoms with Gasteiger partial charge in [0.05, 0.1) is 10.7 Å². The van der Waals surface area contributed by atoms with Crippen LogP contribution in [0.1, 0.15) is 12.8 Å². The number of piperidine rings is 1. The first-order valence-corrected chi connectivity index (χ1v) is 6.05. The van der Waals surface area contributed by atoms with Crippen molar-refractivity contribution in [3.63, 3.8) is 0 Å². The molecule has 0 amide bonds. The highest BCUT2D eigenvalue weighted by atomic mass is 79.9. The second-order valence-corrected chi connectivity index (χ2v) is 4.94. The highest BCUT2D eigenvalue weighted by Crippen LogP contribution is 2.30. The molecule has 1 fully saturated rings. The molecule has 0 bridgehead atoms. The molecule has 0 N–H and O–H groups in total. The standard InChI is InChI=1S/C11H11BrClNO/c12-8-1-2-10(13)11(7-8)14-5-3-9(15)4-6-14/h1-2,7H,3-6H2. The van der Waals surface area contributed by atoms with Crippen molar-refractivity contribution < 1.29 is 4.79 Å². The summed E-state index contributed by atoms with van der Waals surface area (Å²) in [6.45, 7) is 1.55. The number of anilines is 1. The Morgan fingerprint density at radius 3 is 2.60 bits per heavy atom. The van der Waals surface area contributed by atoms with E-state index in [2.05, 4.69) is 20.8 Å². The SMILES string of the molecule is O=C1CCN(c2cc(Br)ccc2Cl)CC1. The number of Topliss-reactive ketones (excluding diaryl/α,β-unsaturated/α-hetero) is 1. The average molecular weight is 289 g/mol. The molecule has 0 radical (unpaired) electrons. The molecule has 80 valence electrons. The Hall–Kier alpha value is -0.540.